The molecule has 0 aromatic carbocycles. The molecule has 4 heteroatoms. The second-order valence-electron chi connectivity index (χ2n) is 5.54. The first-order valence-electron chi connectivity index (χ1n) is 6.54. The zero-order valence-electron chi connectivity index (χ0n) is 11.0. The minimum Gasteiger partial charge on any atom is -0.326 e. The summed E-state index contributed by atoms with van der Waals surface area (Å²) in [7, 11) is 0. The molecule has 1 aliphatic rings. The molecule has 3 heterocycles. The number of nitrogens with two attached hydrogens (primary N) is 1. The Kier molecular flexibility index (Phi) is 2.84. The minimum atomic E-state index is 0.310. The van der Waals surface area contributed by atoms with Crippen LogP contribution in [0.4, 0.5) is 0 Å². The summed E-state index contributed by atoms with van der Waals surface area (Å²) in [4.78, 5) is 7.04. The van der Waals surface area contributed by atoms with Gasteiger partial charge in [-0.1, -0.05) is 13.0 Å². The van der Waals surface area contributed by atoms with Gasteiger partial charge in [-0.05, 0) is 24.5 Å². The topological polar surface area (TPSA) is 46.6 Å². The molecule has 2 aromatic rings. The van der Waals surface area contributed by atoms with Crippen LogP contribution in [0.15, 0.2) is 24.5 Å². The van der Waals surface area contributed by atoms with E-state index in [1.807, 2.05) is 0 Å². The van der Waals surface area contributed by atoms with Crippen molar-refractivity contribution in [2.24, 2.45) is 11.7 Å². The molecule has 2 aromatic heterocycles. The van der Waals surface area contributed by atoms with Gasteiger partial charge in [0.05, 0.1) is 5.69 Å². The molecule has 2 atom stereocenters. The molecule has 1 fully saturated rings. The van der Waals surface area contributed by atoms with Crippen molar-refractivity contribution >= 4 is 5.65 Å². The van der Waals surface area contributed by atoms with Crippen LogP contribution in [0.1, 0.15) is 18.2 Å². The lowest BCUT2D eigenvalue weighted by atomic mass is 10.1. The number of fused-ring (bicyclic) bond motifs is 1. The third-order valence-corrected chi connectivity index (χ3v) is 3.78. The Morgan fingerprint density at radius 2 is 2.17 bits per heavy atom. The van der Waals surface area contributed by atoms with Gasteiger partial charge in [0.2, 0.25) is 0 Å². The van der Waals surface area contributed by atoms with Crippen LogP contribution >= 0.6 is 0 Å². The average Bonchev–Trinajstić information content (AvgIpc) is 2.82. The predicted octanol–water partition coefficient (Wildman–Crippen LogP) is 1.42. The van der Waals surface area contributed by atoms with Crippen LogP contribution in [-0.4, -0.2) is 33.4 Å². The second-order valence-corrected chi connectivity index (χ2v) is 5.54. The fraction of sp³-hybridized carbons (Fsp3) is 0.500. The van der Waals surface area contributed by atoms with E-state index in [-0.39, 0.29) is 0 Å². The number of aryl methyl sites for hydroxylation is 1. The van der Waals surface area contributed by atoms with Crippen LogP contribution in [0.2, 0.25) is 0 Å². The van der Waals surface area contributed by atoms with Crippen LogP contribution in [0.25, 0.3) is 5.65 Å². The third kappa shape index (κ3) is 2.13. The van der Waals surface area contributed by atoms with E-state index in [9.17, 15) is 0 Å². The Bertz CT molecular complexity index is 550. The van der Waals surface area contributed by atoms with Gasteiger partial charge in [0.15, 0.2) is 0 Å². The predicted molar refractivity (Wildman–Crippen MR) is 72.3 cm³/mol. The van der Waals surface area contributed by atoms with E-state index >= 15 is 0 Å². The van der Waals surface area contributed by atoms with E-state index in [1.54, 1.807) is 0 Å². The van der Waals surface area contributed by atoms with Gasteiger partial charge in [-0.3, -0.25) is 4.90 Å². The normalized spacial score (nSPS) is 25.1. The lowest BCUT2D eigenvalue weighted by Crippen LogP contribution is -2.28. The van der Waals surface area contributed by atoms with E-state index in [0.29, 0.717) is 12.0 Å². The monoisotopic (exact) mass is 244 g/mol. The molecule has 1 aliphatic heterocycles. The Morgan fingerprint density at radius 1 is 1.33 bits per heavy atom. The van der Waals surface area contributed by atoms with Gasteiger partial charge in [0.25, 0.3) is 0 Å². The lowest BCUT2D eigenvalue weighted by Gasteiger charge is -2.12. The summed E-state index contributed by atoms with van der Waals surface area (Å²) in [6, 6.07) is 4.47. The Hall–Kier alpha value is -1.39. The first kappa shape index (κ1) is 11.7. The zero-order chi connectivity index (χ0) is 12.7. The van der Waals surface area contributed by atoms with Crippen molar-refractivity contribution < 1.29 is 0 Å². The van der Waals surface area contributed by atoms with E-state index < -0.39 is 0 Å². The molecule has 18 heavy (non-hydrogen) atoms. The summed E-state index contributed by atoms with van der Waals surface area (Å²) in [6.07, 6.45) is 4.24. The molecule has 0 saturated carbocycles. The van der Waals surface area contributed by atoms with E-state index in [4.69, 9.17) is 5.73 Å². The third-order valence-electron chi connectivity index (χ3n) is 3.78. The number of likely N-dealkylation sites (tertiary alicyclic amines) is 1. The molecule has 0 amide bonds. The molecule has 0 radical (unpaired) electrons. The molecule has 2 unspecified atom stereocenters. The van der Waals surface area contributed by atoms with Crippen molar-refractivity contribution in [2.45, 2.75) is 26.4 Å². The summed E-state index contributed by atoms with van der Waals surface area (Å²) in [5.74, 6) is 0.587. The molecule has 1 saturated heterocycles. The number of pyridine rings is 1. The highest BCUT2D eigenvalue weighted by molar-refractivity contribution is 5.41. The molecular weight excluding hydrogens is 224 g/mol. The van der Waals surface area contributed by atoms with E-state index in [1.165, 1.54) is 5.56 Å². The lowest BCUT2D eigenvalue weighted by molar-refractivity contribution is 0.315. The van der Waals surface area contributed by atoms with Gasteiger partial charge in [0, 0.05) is 38.1 Å². The van der Waals surface area contributed by atoms with Gasteiger partial charge < -0.3 is 10.1 Å². The highest BCUT2D eigenvalue weighted by Gasteiger charge is 2.26. The van der Waals surface area contributed by atoms with E-state index in [2.05, 4.69) is 52.7 Å². The van der Waals surface area contributed by atoms with Crippen LogP contribution in [-0.2, 0) is 6.54 Å². The van der Waals surface area contributed by atoms with Crippen molar-refractivity contribution in [2.75, 3.05) is 13.1 Å². The number of imidazole rings is 1. The molecule has 96 valence electrons. The van der Waals surface area contributed by atoms with Gasteiger partial charge in [-0.2, -0.15) is 0 Å². The smallest absolute Gasteiger partial charge is 0.137 e. The minimum absolute atomic E-state index is 0.310. The molecule has 4 nitrogen and oxygen atoms in total. The Balaban J connectivity index is 1.79. The first-order chi connectivity index (χ1) is 8.61. The number of aromatic nitrogens is 2. The maximum atomic E-state index is 6.05. The van der Waals surface area contributed by atoms with Crippen molar-refractivity contribution in [3.05, 3.63) is 35.8 Å². The van der Waals surface area contributed by atoms with Crippen molar-refractivity contribution in [3.63, 3.8) is 0 Å². The number of nitrogens with zero attached hydrogens (tertiary/aromatic N) is 3. The van der Waals surface area contributed by atoms with Crippen molar-refractivity contribution in [1.29, 1.82) is 0 Å². The quantitative estimate of drug-likeness (QED) is 0.869. The summed E-state index contributed by atoms with van der Waals surface area (Å²) in [5.41, 5.74) is 9.45. The highest BCUT2D eigenvalue weighted by Crippen LogP contribution is 2.17. The summed E-state index contributed by atoms with van der Waals surface area (Å²) in [5, 5.41) is 0. The highest BCUT2D eigenvalue weighted by atomic mass is 15.2. The molecule has 2 N–H and O–H groups in total. The Morgan fingerprint density at radius 3 is 2.89 bits per heavy atom. The number of hydrogen-bond acceptors (Lipinski definition) is 3. The van der Waals surface area contributed by atoms with Gasteiger partial charge in [0.1, 0.15) is 5.65 Å². The Labute approximate surface area is 107 Å². The summed E-state index contributed by atoms with van der Waals surface area (Å²) >= 11 is 0. The number of rotatable bonds is 2. The average molecular weight is 244 g/mol. The molecule has 0 spiro atoms. The van der Waals surface area contributed by atoms with Gasteiger partial charge in [-0.25, -0.2) is 4.98 Å². The van der Waals surface area contributed by atoms with Crippen molar-refractivity contribution in [3.8, 4) is 0 Å². The summed E-state index contributed by atoms with van der Waals surface area (Å²) in [6.45, 7) is 7.28. The van der Waals surface area contributed by atoms with Crippen LogP contribution in [0.3, 0.4) is 0 Å². The second kappa shape index (κ2) is 4.37. The van der Waals surface area contributed by atoms with Gasteiger partial charge in [-0.15, -0.1) is 0 Å². The van der Waals surface area contributed by atoms with Crippen LogP contribution < -0.4 is 5.73 Å². The van der Waals surface area contributed by atoms with E-state index in [0.717, 1.165) is 31.0 Å². The fourth-order valence-electron chi connectivity index (χ4n) is 2.69. The number of hydrogen-bond donors (Lipinski definition) is 1. The van der Waals surface area contributed by atoms with Crippen LogP contribution in [0.5, 0.6) is 0 Å². The molecular formula is C14H20N4. The molecule has 0 bridgehead atoms. The van der Waals surface area contributed by atoms with Gasteiger partial charge >= 0.3 is 0 Å². The maximum Gasteiger partial charge on any atom is 0.137 e. The SMILES string of the molecule is Cc1ccc2nc(CN3CC(C)C(N)C3)cn2c1. The molecule has 0 aliphatic carbocycles. The fourth-order valence-corrected chi connectivity index (χ4v) is 2.69. The standard InChI is InChI=1S/C14H20N4/c1-10-3-4-14-16-12(8-18(14)5-10)7-17-6-11(2)13(15)9-17/h3-5,8,11,13H,6-7,9,15H2,1-2H3. The van der Waals surface area contributed by atoms with Crippen molar-refractivity contribution in [1.82, 2.24) is 14.3 Å². The largest absolute Gasteiger partial charge is 0.326 e. The maximum absolute atomic E-state index is 6.05. The molecule has 3 rings (SSSR count). The zero-order valence-corrected chi connectivity index (χ0v) is 11.0. The van der Waals surface area contributed by atoms with Crippen LogP contribution in [0, 0.1) is 12.8 Å². The first-order valence-corrected chi connectivity index (χ1v) is 6.54. The summed E-state index contributed by atoms with van der Waals surface area (Å²) < 4.78 is 2.10.